The predicted molar refractivity (Wildman–Crippen MR) is 58.9 cm³/mol. The first-order chi connectivity index (χ1) is 6.72. The van der Waals surface area contributed by atoms with E-state index in [2.05, 4.69) is 20.9 Å². The fourth-order valence-corrected chi connectivity index (χ4v) is 1.87. The molecule has 1 aliphatic rings. The summed E-state index contributed by atoms with van der Waals surface area (Å²) in [6, 6.07) is 5.53. The lowest BCUT2D eigenvalue weighted by molar-refractivity contribution is -0.111. The van der Waals surface area contributed by atoms with E-state index in [1.165, 1.54) is 0 Å². The molecular weight excluding hydrogens is 244 g/mol. The fourth-order valence-electron chi connectivity index (χ4n) is 1.49. The van der Waals surface area contributed by atoms with E-state index in [0.717, 1.165) is 22.0 Å². The molecule has 0 radical (unpaired) electrons. The molecule has 1 unspecified atom stereocenters. The van der Waals surface area contributed by atoms with Crippen molar-refractivity contribution in [3.63, 3.8) is 0 Å². The van der Waals surface area contributed by atoms with E-state index < -0.39 is 0 Å². The Balaban J connectivity index is 2.56. The van der Waals surface area contributed by atoms with Gasteiger partial charge in [0, 0.05) is 17.1 Å². The minimum atomic E-state index is -0.222. The highest BCUT2D eigenvalue weighted by atomic mass is 79.9. The van der Waals surface area contributed by atoms with Crippen LogP contribution in [-0.4, -0.2) is 24.6 Å². The van der Waals surface area contributed by atoms with E-state index in [-0.39, 0.29) is 6.04 Å². The van der Waals surface area contributed by atoms with Crippen LogP contribution < -0.4 is 0 Å². The molecule has 2 rings (SSSR count). The molecule has 0 saturated heterocycles. The number of benzene rings is 1. The van der Waals surface area contributed by atoms with Crippen LogP contribution in [0.25, 0.3) is 0 Å². The summed E-state index contributed by atoms with van der Waals surface area (Å²) in [7, 11) is 1.84. The van der Waals surface area contributed by atoms with Crippen molar-refractivity contribution in [3.8, 4) is 0 Å². The smallest absolute Gasteiger partial charge is 0.147 e. The molecule has 1 aliphatic heterocycles. The molecule has 1 heterocycles. The maximum absolute atomic E-state index is 10.9. The predicted octanol–water partition coefficient (Wildman–Crippen LogP) is 2.29. The van der Waals surface area contributed by atoms with Crippen LogP contribution in [0.4, 0.5) is 5.69 Å². The number of carbonyl (C=O) groups excluding carboxylic acids is 1. The second-order valence-corrected chi connectivity index (χ2v) is 4.11. The third-order valence-electron chi connectivity index (χ3n) is 2.25. The quantitative estimate of drug-likeness (QED) is 0.719. The number of aldehydes is 1. The number of likely N-dealkylation sites (N-methyl/N-ethyl adjacent to an activating group) is 1. The van der Waals surface area contributed by atoms with E-state index in [1.54, 1.807) is 11.2 Å². The van der Waals surface area contributed by atoms with Crippen LogP contribution in [0.3, 0.4) is 0 Å². The van der Waals surface area contributed by atoms with Gasteiger partial charge in [-0.3, -0.25) is 0 Å². The molecule has 1 atom stereocenters. The summed E-state index contributed by atoms with van der Waals surface area (Å²) < 4.78 is 0.966. The summed E-state index contributed by atoms with van der Waals surface area (Å²) in [5.41, 5.74) is 1.81. The van der Waals surface area contributed by atoms with Gasteiger partial charge in [-0.1, -0.05) is 15.9 Å². The average Bonchev–Trinajstić information content (AvgIpc) is 2.17. The molecule has 3 nitrogen and oxygen atoms in total. The summed E-state index contributed by atoms with van der Waals surface area (Å²) in [5, 5.41) is 0. The topological polar surface area (TPSA) is 32.7 Å². The van der Waals surface area contributed by atoms with Gasteiger partial charge in [-0.15, -0.1) is 0 Å². The van der Waals surface area contributed by atoms with Crippen molar-refractivity contribution >= 4 is 34.2 Å². The average molecular weight is 253 g/mol. The number of hydrogen-bond acceptors (Lipinski definition) is 3. The number of hydrogen-bond donors (Lipinski definition) is 0. The van der Waals surface area contributed by atoms with Gasteiger partial charge in [0.2, 0.25) is 0 Å². The largest absolute Gasteiger partial charge is 0.352 e. The van der Waals surface area contributed by atoms with E-state index in [4.69, 9.17) is 0 Å². The maximum Gasteiger partial charge on any atom is 0.147 e. The summed E-state index contributed by atoms with van der Waals surface area (Å²) in [6.07, 6.45) is 2.60. The molecular formula is C10H9BrN2O. The number of fused-ring (bicyclic) bond motifs is 1. The Hall–Kier alpha value is -1.16. The summed E-state index contributed by atoms with van der Waals surface area (Å²) >= 11 is 3.38. The van der Waals surface area contributed by atoms with Crippen molar-refractivity contribution in [1.29, 1.82) is 0 Å². The van der Waals surface area contributed by atoms with Crippen LogP contribution in [0.1, 0.15) is 11.6 Å². The fraction of sp³-hybridized carbons (Fsp3) is 0.200. The highest BCUT2D eigenvalue weighted by molar-refractivity contribution is 9.10. The molecule has 1 aromatic rings. The zero-order chi connectivity index (χ0) is 10.1. The maximum atomic E-state index is 10.9. The van der Waals surface area contributed by atoms with Crippen molar-refractivity contribution in [2.75, 3.05) is 7.05 Å². The first kappa shape index (κ1) is 9.40. The van der Waals surface area contributed by atoms with Gasteiger partial charge in [0.25, 0.3) is 0 Å². The van der Waals surface area contributed by atoms with Crippen LogP contribution in [-0.2, 0) is 4.79 Å². The summed E-state index contributed by atoms with van der Waals surface area (Å²) in [6.45, 7) is 0. The number of aliphatic imine (C=N–C) groups is 1. The highest BCUT2D eigenvalue weighted by Crippen LogP contribution is 2.32. The second-order valence-electron chi connectivity index (χ2n) is 3.19. The highest BCUT2D eigenvalue weighted by Gasteiger charge is 2.21. The third kappa shape index (κ3) is 1.46. The van der Waals surface area contributed by atoms with Crippen molar-refractivity contribution in [2.24, 2.45) is 4.99 Å². The van der Waals surface area contributed by atoms with Crippen LogP contribution in [0, 0.1) is 0 Å². The normalized spacial score (nSPS) is 19.3. The summed E-state index contributed by atoms with van der Waals surface area (Å²) in [4.78, 5) is 17.0. The lowest BCUT2D eigenvalue weighted by atomic mass is 10.0. The molecule has 0 N–H and O–H groups in total. The molecule has 72 valence electrons. The van der Waals surface area contributed by atoms with Gasteiger partial charge >= 0.3 is 0 Å². The Morgan fingerprint density at radius 1 is 1.57 bits per heavy atom. The number of rotatable bonds is 1. The van der Waals surface area contributed by atoms with Crippen molar-refractivity contribution < 1.29 is 4.79 Å². The van der Waals surface area contributed by atoms with Gasteiger partial charge < -0.3 is 9.69 Å². The van der Waals surface area contributed by atoms with E-state index in [0.29, 0.717) is 0 Å². The molecule has 0 amide bonds. The van der Waals surface area contributed by atoms with E-state index >= 15 is 0 Å². The Kier molecular flexibility index (Phi) is 2.37. The van der Waals surface area contributed by atoms with Gasteiger partial charge in [0.15, 0.2) is 0 Å². The molecule has 0 bridgehead atoms. The lowest BCUT2D eigenvalue weighted by Gasteiger charge is -2.26. The minimum absolute atomic E-state index is 0.222. The molecule has 14 heavy (non-hydrogen) atoms. The van der Waals surface area contributed by atoms with Gasteiger partial charge in [-0.25, -0.2) is 4.99 Å². The van der Waals surface area contributed by atoms with Crippen molar-refractivity contribution in [1.82, 2.24) is 4.90 Å². The molecule has 0 aliphatic carbocycles. The number of halogens is 1. The van der Waals surface area contributed by atoms with Gasteiger partial charge in [0.05, 0.1) is 12.0 Å². The Bertz CT molecular complexity index is 403. The Labute approximate surface area is 90.6 Å². The zero-order valence-corrected chi connectivity index (χ0v) is 9.23. The van der Waals surface area contributed by atoms with Crippen LogP contribution in [0.15, 0.2) is 27.7 Å². The second kappa shape index (κ2) is 3.53. The lowest BCUT2D eigenvalue weighted by Crippen LogP contribution is -2.26. The van der Waals surface area contributed by atoms with Gasteiger partial charge in [-0.05, 0) is 18.2 Å². The molecule has 0 saturated carbocycles. The molecule has 0 spiro atoms. The first-order valence-corrected chi connectivity index (χ1v) is 5.02. The summed E-state index contributed by atoms with van der Waals surface area (Å²) in [5.74, 6) is 0. The van der Waals surface area contributed by atoms with Crippen molar-refractivity contribution in [2.45, 2.75) is 6.04 Å². The minimum Gasteiger partial charge on any atom is -0.352 e. The molecule has 0 aromatic heterocycles. The molecule has 0 fully saturated rings. The van der Waals surface area contributed by atoms with Crippen molar-refractivity contribution in [3.05, 3.63) is 28.2 Å². The first-order valence-electron chi connectivity index (χ1n) is 4.23. The Morgan fingerprint density at radius 2 is 2.36 bits per heavy atom. The standard InChI is InChI=1S/C10H9BrN2O/c1-13-6-12-9-3-2-7(11)4-8(9)10(13)5-14/h2-6,10H,1H3. The van der Waals surface area contributed by atoms with Crippen LogP contribution in [0.2, 0.25) is 0 Å². The zero-order valence-electron chi connectivity index (χ0n) is 7.64. The van der Waals surface area contributed by atoms with Crippen LogP contribution >= 0.6 is 15.9 Å². The van der Waals surface area contributed by atoms with E-state index in [1.807, 2.05) is 25.2 Å². The SMILES string of the molecule is CN1C=Nc2ccc(Br)cc2C1C=O. The molecule has 4 heteroatoms. The Morgan fingerprint density at radius 3 is 3.07 bits per heavy atom. The van der Waals surface area contributed by atoms with Gasteiger partial charge in [-0.2, -0.15) is 0 Å². The number of carbonyl (C=O) groups is 1. The number of nitrogens with zero attached hydrogens (tertiary/aromatic N) is 2. The van der Waals surface area contributed by atoms with E-state index in [9.17, 15) is 4.79 Å². The van der Waals surface area contributed by atoms with Crippen LogP contribution in [0.5, 0.6) is 0 Å². The monoisotopic (exact) mass is 252 g/mol. The third-order valence-corrected chi connectivity index (χ3v) is 2.75. The molecule has 1 aromatic carbocycles. The van der Waals surface area contributed by atoms with Gasteiger partial charge in [0.1, 0.15) is 12.3 Å².